The fourth-order valence-corrected chi connectivity index (χ4v) is 3.32. The van der Waals surface area contributed by atoms with Gasteiger partial charge in [-0.25, -0.2) is 12.8 Å². The molecule has 0 spiro atoms. The number of hydrogen-bond donors (Lipinski definition) is 1. The molecule has 1 atom stereocenters. The third-order valence-electron chi connectivity index (χ3n) is 2.03. The first kappa shape index (κ1) is 10.4. The zero-order valence-corrected chi connectivity index (χ0v) is 7.81. The summed E-state index contributed by atoms with van der Waals surface area (Å²) in [5.41, 5.74) is -2.05. The van der Waals surface area contributed by atoms with E-state index in [-0.39, 0.29) is 18.6 Å². The van der Waals surface area contributed by atoms with Crippen molar-refractivity contribution in [2.75, 3.05) is 11.5 Å². The van der Waals surface area contributed by atoms with Gasteiger partial charge in [0.1, 0.15) is 5.67 Å². The number of sulfone groups is 1. The SMILES string of the molecule is O=C(O)CC1(F)CCCS(=O)(=O)C1. The molecular weight excluding hydrogens is 199 g/mol. The topological polar surface area (TPSA) is 71.4 Å². The van der Waals surface area contributed by atoms with Crippen LogP contribution < -0.4 is 0 Å². The number of carbonyl (C=O) groups is 1. The molecule has 0 aromatic heterocycles. The fourth-order valence-electron chi connectivity index (χ4n) is 1.56. The Morgan fingerprint density at radius 2 is 2.15 bits per heavy atom. The Labute approximate surface area is 75.7 Å². The number of alkyl halides is 1. The highest BCUT2D eigenvalue weighted by Gasteiger charge is 2.40. The van der Waals surface area contributed by atoms with Gasteiger partial charge in [-0.15, -0.1) is 0 Å². The summed E-state index contributed by atoms with van der Waals surface area (Å²) in [6.45, 7) is 0. The molecule has 1 unspecified atom stereocenters. The molecule has 1 fully saturated rings. The van der Waals surface area contributed by atoms with Gasteiger partial charge >= 0.3 is 5.97 Å². The molecule has 0 bridgehead atoms. The summed E-state index contributed by atoms with van der Waals surface area (Å²) in [7, 11) is -3.37. The molecule has 0 aromatic carbocycles. The van der Waals surface area contributed by atoms with Gasteiger partial charge in [0, 0.05) is 0 Å². The average Bonchev–Trinajstić information content (AvgIpc) is 1.79. The van der Waals surface area contributed by atoms with Crippen LogP contribution in [0.3, 0.4) is 0 Å². The minimum Gasteiger partial charge on any atom is -0.481 e. The van der Waals surface area contributed by atoms with Crippen LogP contribution in [0.4, 0.5) is 4.39 Å². The van der Waals surface area contributed by atoms with Crippen LogP contribution in [0, 0.1) is 0 Å². The minimum atomic E-state index is -3.37. The van der Waals surface area contributed by atoms with E-state index in [1.165, 1.54) is 0 Å². The Bertz CT molecular complexity index is 310. The Kier molecular flexibility index (Phi) is 2.61. The summed E-state index contributed by atoms with van der Waals surface area (Å²) in [5, 5.41) is 8.37. The number of hydrogen-bond acceptors (Lipinski definition) is 3. The summed E-state index contributed by atoms with van der Waals surface area (Å²) in [6.07, 6.45) is -0.475. The molecule has 1 rings (SSSR count). The highest BCUT2D eigenvalue weighted by Crippen LogP contribution is 2.29. The number of halogens is 1. The van der Waals surface area contributed by atoms with Crippen LogP contribution >= 0.6 is 0 Å². The lowest BCUT2D eigenvalue weighted by molar-refractivity contribution is -0.140. The molecule has 1 aliphatic rings. The predicted octanol–water partition coefficient (Wildman–Crippen LogP) is 0.378. The predicted molar refractivity (Wildman–Crippen MR) is 44.0 cm³/mol. The third kappa shape index (κ3) is 2.95. The molecule has 1 N–H and O–H groups in total. The molecule has 6 heteroatoms. The smallest absolute Gasteiger partial charge is 0.306 e. The first-order valence-corrected chi connectivity index (χ1v) is 5.76. The van der Waals surface area contributed by atoms with Gasteiger partial charge in [-0.2, -0.15) is 0 Å². The van der Waals surface area contributed by atoms with Gasteiger partial charge in [0.15, 0.2) is 9.84 Å². The molecule has 4 nitrogen and oxygen atoms in total. The van der Waals surface area contributed by atoms with Gasteiger partial charge in [0.2, 0.25) is 0 Å². The lowest BCUT2D eigenvalue weighted by atomic mass is 9.98. The van der Waals surface area contributed by atoms with Crippen LogP contribution in [0.2, 0.25) is 0 Å². The third-order valence-corrected chi connectivity index (χ3v) is 3.89. The summed E-state index contributed by atoms with van der Waals surface area (Å²) >= 11 is 0. The minimum absolute atomic E-state index is 0.0263. The first-order chi connectivity index (χ1) is 5.83. The molecule has 1 saturated heterocycles. The highest BCUT2D eigenvalue weighted by atomic mass is 32.2. The molecule has 1 aliphatic heterocycles. The molecule has 1 heterocycles. The van der Waals surface area contributed by atoms with Gasteiger partial charge in [-0.3, -0.25) is 4.79 Å². The maximum Gasteiger partial charge on any atom is 0.306 e. The maximum atomic E-state index is 13.6. The van der Waals surface area contributed by atoms with E-state index in [2.05, 4.69) is 0 Å². The van der Waals surface area contributed by atoms with Crippen molar-refractivity contribution in [1.82, 2.24) is 0 Å². The van der Waals surface area contributed by atoms with Crippen LogP contribution in [0.1, 0.15) is 19.3 Å². The normalized spacial score (nSPS) is 32.7. The lowest BCUT2D eigenvalue weighted by Gasteiger charge is -2.27. The number of carboxylic acid groups (broad SMARTS) is 1. The standard InChI is InChI=1S/C7H11FO4S/c8-7(4-6(9)10)2-1-3-13(11,12)5-7/h1-5H2,(H,9,10). The van der Waals surface area contributed by atoms with Gasteiger partial charge < -0.3 is 5.11 Å². The molecular formula is C7H11FO4S. The fraction of sp³-hybridized carbons (Fsp3) is 0.857. The molecule has 76 valence electrons. The number of aliphatic carboxylic acids is 1. The van der Waals surface area contributed by atoms with Crippen molar-refractivity contribution >= 4 is 15.8 Å². The number of carboxylic acids is 1. The van der Waals surface area contributed by atoms with Crippen molar-refractivity contribution in [3.63, 3.8) is 0 Å². The summed E-state index contributed by atoms with van der Waals surface area (Å²) in [5.74, 6) is -1.97. The lowest BCUT2D eigenvalue weighted by Crippen LogP contribution is -2.40. The zero-order chi connectivity index (χ0) is 10.1. The molecule has 0 radical (unpaired) electrons. The second kappa shape index (κ2) is 3.25. The van der Waals surface area contributed by atoms with E-state index >= 15 is 0 Å². The Morgan fingerprint density at radius 1 is 1.54 bits per heavy atom. The second-order valence-electron chi connectivity index (χ2n) is 3.42. The molecule has 0 amide bonds. The van der Waals surface area contributed by atoms with E-state index in [4.69, 9.17) is 5.11 Å². The Morgan fingerprint density at radius 3 is 2.62 bits per heavy atom. The highest BCUT2D eigenvalue weighted by molar-refractivity contribution is 7.91. The van der Waals surface area contributed by atoms with Crippen molar-refractivity contribution in [3.05, 3.63) is 0 Å². The van der Waals surface area contributed by atoms with Crippen molar-refractivity contribution < 1.29 is 22.7 Å². The van der Waals surface area contributed by atoms with E-state index in [1.54, 1.807) is 0 Å². The first-order valence-electron chi connectivity index (χ1n) is 3.94. The van der Waals surface area contributed by atoms with Gasteiger partial charge in [-0.05, 0) is 12.8 Å². The van der Waals surface area contributed by atoms with E-state index in [0.29, 0.717) is 0 Å². The van der Waals surface area contributed by atoms with E-state index < -0.39 is 33.6 Å². The van der Waals surface area contributed by atoms with Crippen LogP contribution in [0.5, 0.6) is 0 Å². The van der Waals surface area contributed by atoms with Crippen molar-refractivity contribution in [2.45, 2.75) is 24.9 Å². The van der Waals surface area contributed by atoms with Gasteiger partial charge in [0.25, 0.3) is 0 Å². The van der Waals surface area contributed by atoms with E-state index in [9.17, 15) is 17.6 Å². The number of rotatable bonds is 2. The molecule has 0 saturated carbocycles. The van der Waals surface area contributed by atoms with Crippen molar-refractivity contribution in [1.29, 1.82) is 0 Å². The van der Waals surface area contributed by atoms with E-state index in [1.807, 2.05) is 0 Å². The van der Waals surface area contributed by atoms with Crippen LogP contribution in [0.15, 0.2) is 0 Å². The Hall–Kier alpha value is -0.650. The van der Waals surface area contributed by atoms with E-state index in [0.717, 1.165) is 0 Å². The molecule has 13 heavy (non-hydrogen) atoms. The van der Waals surface area contributed by atoms with Gasteiger partial charge in [-0.1, -0.05) is 0 Å². The van der Waals surface area contributed by atoms with Crippen LogP contribution in [-0.4, -0.2) is 36.7 Å². The summed E-state index contributed by atoms with van der Waals surface area (Å²) < 4.78 is 35.6. The van der Waals surface area contributed by atoms with Crippen LogP contribution in [-0.2, 0) is 14.6 Å². The molecule has 0 aliphatic carbocycles. The summed E-state index contributed by atoms with van der Waals surface area (Å²) in [4.78, 5) is 10.2. The van der Waals surface area contributed by atoms with Crippen molar-refractivity contribution in [2.24, 2.45) is 0 Å². The Balaban J connectivity index is 2.74. The monoisotopic (exact) mass is 210 g/mol. The maximum absolute atomic E-state index is 13.6. The zero-order valence-electron chi connectivity index (χ0n) is 6.99. The van der Waals surface area contributed by atoms with Gasteiger partial charge in [0.05, 0.1) is 17.9 Å². The quantitative estimate of drug-likeness (QED) is 0.715. The second-order valence-corrected chi connectivity index (χ2v) is 5.60. The van der Waals surface area contributed by atoms with Crippen molar-refractivity contribution in [3.8, 4) is 0 Å². The molecule has 0 aromatic rings. The summed E-state index contributed by atoms with van der Waals surface area (Å²) in [6, 6.07) is 0. The average molecular weight is 210 g/mol. The largest absolute Gasteiger partial charge is 0.481 e. The van der Waals surface area contributed by atoms with Crippen LogP contribution in [0.25, 0.3) is 0 Å².